The number of sulfone groups is 1. The van der Waals surface area contributed by atoms with Crippen molar-refractivity contribution >= 4 is 38.2 Å². The molecule has 2 rings (SSSR count). The average Bonchev–Trinajstić information content (AvgIpc) is 2.41. The molecule has 5 nitrogen and oxygen atoms in total. The van der Waals surface area contributed by atoms with Crippen molar-refractivity contribution in [3.8, 4) is 11.3 Å². The molecule has 106 valence electrons. The number of benzene rings is 1. The quantitative estimate of drug-likeness (QED) is 0.796. The van der Waals surface area contributed by atoms with Gasteiger partial charge in [-0.3, -0.25) is 0 Å². The fourth-order valence-corrected chi connectivity index (χ4v) is 2.68. The van der Waals surface area contributed by atoms with E-state index in [-0.39, 0.29) is 5.82 Å². The Morgan fingerprint density at radius 2 is 1.80 bits per heavy atom. The Kier molecular flexibility index (Phi) is 4.28. The molecule has 0 radical (unpaired) electrons. The van der Waals surface area contributed by atoms with Crippen LogP contribution in [0.2, 0.25) is 0 Å². The van der Waals surface area contributed by atoms with Gasteiger partial charge in [0.2, 0.25) is 0 Å². The summed E-state index contributed by atoms with van der Waals surface area (Å²) in [4.78, 5) is 8.50. The molecule has 0 aliphatic carbocycles. The molecule has 2 aromatic rings. The molecule has 1 heterocycles. The summed E-state index contributed by atoms with van der Waals surface area (Å²) in [7, 11) is -3.27. The summed E-state index contributed by atoms with van der Waals surface area (Å²) in [6.07, 6.45) is 1.16. The molecular formula is C13H14IN3O2S. The predicted octanol–water partition coefficient (Wildman–Crippen LogP) is 2.44. The lowest BCUT2D eigenvalue weighted by molar-refractivity contribution is 0.589. The van der Waals surface area contributed by atoms with E-state index in [1.165, 1.54) is 0 Å². The second kappa shape index (κ2) is 5.65. The summed E-state index contributed by atoms with van der Waals surface area (Å²) in [5.41, 5.74) is 7.43. The summed E-state index contributed by atoms with van der Waals surface area (Å²) in [5.74, 6) is 0.522. The van der Waals surface area contributed by atoms with E-state index in [9.17, 15) is 8.42 Å². The first-order valence-electron chi connectivity index (χ1n) is 5.88. The van der Waals surface area contributed by atoms with Gasteiger partial charge in [0.05, 0.1) is 9.26 Å². The number of halogens is 1. The lowest BCUT2D eigenvalue weighted by Crippen LogP contribution is -2.14. The maximum Gasteiger partial charge on any atom is 0.157 e. The molecule has 0 aliphatic rings. The smallest absolute Gasteiger partial charge is 0.157 e. The number of hydrogen-bond donors (Lipinski definition) is 1. The van der Waals surface area contributed by atoms with Gasteiger partial charge in [0.1, 0.15) is 16.9 Å². The van der Waals surface area contributed by atoms with Crippen molar-refractivity contribution in [2.75, 3.05) is 12.0 Å². The van der Waals surface area contributed by atoms with E-state index in [0.717, 1.165) is 15.4 Å². The second-order valence-corrected chi connectivity index (χ2v) is 7.91. The zero-order valence-electron chi connectivity index (χ0n) is 11.0. The van der Waals surface area contributed by atoms with E-state index in [4.69, 9.17) is 5.73 Å². The molecule has 0 aliphatic heterocycles. The van der Waals surface area contributed by atoms with Gasteiger partial charge < -0.3 is 5.73 Å². The normalized spacial score (nSPS) is 13.2. The molecule has 0 saturated heterocycles. The number of anilines is 1. The number of rotatable bonds is 3. The van der Waals surface area contributed by atoms with Gasteiger partial charge in [-0.25, -0.2) is 18.4 Å². The Morgan fingerprint density at radius 3 is 2.35 bits per heavy atom. The summed E-state index contributed by atoms with van der Waals surface area (Å²) >= 11 is 2.07. The van der Waals surface area contributed by atoms with Crippen LogP contribution in [0.1, 0.15) is 18.0 Å². The maximum atomic E-state index is 11.7. The largest absolute Gasteiger partial charge is 0.383 e. The molecule has 1 unspecified atom stereocenters. The molecular weight excluding hydrogens is 389 g/mol. The number of aromatic nitrogens is 2. The van der Waals surface area contributed by atoms with Crippen LogP contribution in [0.25, 0.3) is 11.3 Å². The molecule has 1 aromatic carbocycles. The molecule has 0 fully saturated rings. The van der Waals surface area contributed by atoms with Gasteiger partial charge in [0.15, 0.2) is 9.84 Å². The summed E-state index contributed by atoms with van der Waals surface area (Å²) < 4.78 is 24.0. The van der Waals surface area contributed by atoms with Crippen molar-refractivity contribution in [2.24, 2.45) is 0 Å². The Balaban J connectivity index is 2.63. The van der Waals surface area contributed by atoms with Gasteiger partial charge in [0, 0.05) is 11.8 Å². The minimum Gasteiger partial charge on any atom is -0.383 e. The van der Waals surface area contributed by atoms with E-state index >= 15 is 0 Å². The lowest BCUT2D eigenvalue weighted by Gasteiger charge is -2.12. The summed E-state index contributed by atoms with van der Waals surface area (Å²) in [6, 6.07) is 9.49. The number of nitrogens with two attached hydrogens (primary N) is 1. The number of hydrogen-bond acceptors (Lipinski definition) is 5. The Bertz CT molecular complexity index is 733. The van der Waals surface area contributed by atoms with Crippen LogP contribution in [0.15, 0.2) is 30.3 Å². The molecule has 0 spiro atoms. The van der Waals surface area contributed by atoms with Crippen LogP contribution < -0.4 is 5.73 Å². The first-order valence-corrected chi connectivity index (χ1v) is 8.91. The van der Waals surface area contributed by atoms with Crippen LogP contribution in [0.4, 0.5) is 5.82 Å². The number of nitrogen functional groups attached to an aromatic ring is 1. The molecule has 0 saturated carbocycles. The first kappa shape index (κ1) is 15.2. The topological polar surface area (TPSA) is 85.9 Å². The Morgan fingerprint density at radius 1 is 1.20 bits per heavy atom. The highest BCUT2D eigenvalue weighted by molar-refractivity contribution is 14.1. The highest BCUT2D eigenvalue weighted by Gasteiger charge is 2.23. The van der Waals surface area contributed by atoms with Crippen molar-refractivity contribution in [3.63, 3.8) is 0 Å². The highest BCUT2D eigenvalue weighted by Crippen LogP contribution is 2.29. The Hall–Kier alpha value is -1.22. The van der Waals surface area contributed by atoms with Crippen LogP contribution in [-0.4, -0.2) is 24.6 Å². The van der Waals surface area contributed by atoms with Gasteiger partial charge in [-0.15, -0.1) is 0 Å². The van der Waals surface area contributed by atoms with Gasteiger partial charge in [0.25, 0.3) is 0 Å². The zero-order valence-corrected chi connectivity index (χ0v) is 14.0. The van der Waals surface area contributed by atoms with E-state index in [1.807, 2.05) is 30.3 Å². The third kappa shape index (κ3) is 3.09. The van der Waals surface area contributed by atoms with Gasteiger partial charge >= 0.3 is 0 Å². The van der Waals surface area contributed by atoms with E-state index in [0.29, 0.717) is 11.5 Å². The van der Waals surface area contributed by atoms with Crippen LogP contribution in [0, 0.1) is 3.57 Å². The zero-order chi connectivity index (χ0) is 14.9. The second-order valence-electron chi connectivity index (χ2n) is 4.47. The molecule has 0 bridgehead atoms. The van der Waals surface area contributed by atoms with Crippen molar-refractivity contribution in [1.29, 1.82) is 0 Å². The Labute approximate surface area is 131 Å². The molecule has 20 heavy (non-hydrogen) atoms. The predicted molar refractivity (Wildman–Crippen MR) is 87.9 cm³/mol. The molecule has 7 heteroatoms. The minimum absolute atomic E-state index is 0.226. The van der Waals surface area contributed by atoms with Gasteiger partial charge in [-0.2, -0.15) is 0 Å². The maximum absolute atomic E-state index is 11.7. The first-order chi connectivity index (χ1) is 9.30. The van der Waals surface area contributed by atoms with Crippen LogP contribution in [0.3, 0.4) is 0 Å². The summed E-state index contributed by atoms with van der Waals surface area (Å²) in [5, 5.41) is -0.788. The van der Waals surface area contributed by atoms with Crippen molar-refractivity contribution in [1.82, 2.24) is 9.97 Å². The van der Waals surface area contributed by atoms with Gasteiger partial charge in [-0.1, -0.05) is 30.3 Å². The third-order valence-corrected chi connectivity index (χ3v) is 5.51. The standard InChI is InChI=1S/C13H14IN3O2S/c1-8(20(2,18)19)13-16-11(10(14)12(15)17-13)9-6-4-3-5-7-9/h3-8H,1-2H3,(H2,15,16,17). The molecule has 2 N–H and O–H groups in total. The van der Waals surface area contributed by atoms with Crippen LogP contribution in [0.5, 0.6) is 0 Å². The third-order valence-electron chi connectivity index (χ3n) is 2.95. The fourth-order valence-electron chi connectivity index (χ4n) is 1.64. The summed E-state index contributed by atoms with van der Waals surface area (Å²) in [6.45, 7) is 1.56. The fraction of sp³-hybridized carbons (Fsp3) is 0.231. The minimum atomic E-state index is -3.27. The monoisotopic (exact) mass is 403 g/mol. The van der Waals surface area contributed by atoms with E-state index in [2.05, 4.69) is 32.6 Å². The van der Waals surface area contributed by atoms with E-state index in [1.54, 1.807) is 6.92 Å². The molecule has 0 amide bonds. The highest BCUT2D eigenvalue weighted by atomic mass is 127. The number of nitrogens with zero attached hydrogens (tertiary/aromatic N) is 2. The van der Waals surface area contributed by atoms with E-state index < -0.39 is 15.1 Å². The van der Waals surface area contributed by atoms with Crippen molar-refractivity contribution < 1.29 is 8.42 Å². The van der Waals surface area contributed by atoms with Crippen molar-refractivity contribution in [2.45, 2.75) is 12.2 Å². The molecule has 1 atom stereocenters. The average molecular weight is 403 g/mol. The van der Waals surface area contributed by atoms with Crippen LogP contribution in [-0.2, 0) is 9.84 Å². The SMILES string of the molecule is CC(c1nc(N)c(I)c(-c2ccccc2)n1)S(C)(=O)=O. The van der Waals surface area contributed by atoms with Crippen molar-refractivity contribution in [3.05, 3.63) is 39.7 Å². The lowest BCUT2D eigenvalue weighted by atomic mass is 10.1. The van der Waals surface area contributed by atoms with Gasteiger partial charge in [-0.05, 0) is 29.5 Å². The molecule has 1 aromatic heterocycles. The van der Waals surface area contributed by atoms with Crippen LogP contribution >= 0.6 is 22.6 Å².